The number of nitrogens with one attached hydrogen (secondary N) is 1. The van der Waals surface area contributed by atoms with Crippen LogP contribution < -0.4 is 10.5 Å². The lowest BCUT2D eigenvalue weighted by Gasteiger charge is -2.05. The van der Waals surface area contributed by atoms with Crippen LogP contribution in [0.2, 0.25) is 0 Å². The van der Waals surface area contributed by atoms with Crippen LogP contribution in [-0.2, 0) is 10.0 Å². The molecule has 0 saturated heterocycles. The molecule has 0 fully saturated rings. The molecule has 0 aliphatic carbocycles. The highest BCUT2D eigenvalue weighted by atomic mass is 127. The van der Waals surface area contributed by atoms with Crippen LogP contribution in [0.15, 0.2) is 29.2 Å². The van der Waals surface area contributed by atoms with Gasteiger partial charge in [-0.3, -0.25) is 0 Å². The van der Waals surface area contributed by atoms with E-state index in [0.29, 0.717) is 6.54 Å². The van der Waals surface area contributed by atoms with Gasteiger partial charge in [0.05, 0.1) is 4.90 Å². The lowest BCUT2D eigenvalue weighted by atomic mass is 10.4. The topological polar surface area (TPSA) is 72.2 Å². The smallest absolute Gasteiger partial charge is 0.240 e. The van der Waals surface area contributed by atoms with E-state index in [1.165, 1.54) is 0 Å². The summed E-state index contributed by atoms with van der Waals surface area (Å²) in [5.74, 6) is 0. The average molecular weight is 326 g/mol. The molecule has 0 aliphatic rings. The molecule has 0 atom stereocenters. The van der Waals surface area contributed by atoms with Gasteiger partial charge in [0.15, 0.2) is 0 Å². The van der Waals surface area contributed by atoms with E-state index in [0.717, 1.165) is 3.57 Å². The van der Waals surface area contributed by atoms with Crippen LogP contribution >= 0.6 is 22.6 Å². The van der Waals surface area contributed by atoms with Gasteiger partial charge >= 0.3 is 0 Å². The molecule has 6 heteroatoms. The highest BCUT2D eigenvalue weighted by Gasteiger charge is 2.12. The molecule has 0 heterocycles. The second kappa shape index (κ2) is 5.06. The molecule has 1 rings (SSSR count). The first-order chi connectivity index (χ1) is 6.56. The molecule has 0 saturated carbocycles. The van der Waals surface area contributed by atoms with Gasteiger partial charge in [-0.15, -0.1) is 0 Å². The molecule has 4 nitrogen and oxygen atoms in total. The second-order valence-electron chi connectivity index (χ2n) is 2.64. The Kier molecular flexibility index (Phi) is 4.30. The van der Waals surface area contributed by atoms with Crippen LogP contribution in [0.1, 0.15) is 0 Å². The van der Waals surface area contributed by atoms with Gasteiger partial charge in [-0.1, -0.05) is 6.07 Å². The first-order valence-corrected chi connectivity index (χ1v) is 6.58. The number of nitrogens with two attached hydrogens (primary N) is 1. The fourth-order valence-electron chi connectivity index (χ4n) is 0.911. The summed E-state index contributed by atoms with van der Waals surface area (Å²) in [6.07, 6.45) is 0. The Morgan fingerprint density at radius 2 is 2.14 bits per heavy atom. The lowest BCUT2D eigenvalue weighted by molar-refractivity contribution is 0.582. The highest BCUT2D eigenvalue weighted by molar-refractivity contribution is 14.1. The largest absolute Gasteiger partial charge is 0.329 e. The number of hydrogen-bond donors (Lipinski definition) is 2. The SMILES string of the molecule is NCCNS(=O)(=O)c1cccc(I)c1. The van der Waals surface area contributed by atoms with Gasteiger partial charge < -0.3 is 5.73 Å². The van der Waals surface area contributed by atoms with Crippen LogP contribution in [0.4, 0.5) is 0 Å². The fraction of sp³-hybridized carbons (Fsp3) is 0.250. The normalized spacial score (nSPS) is 11.6. The maximum absolute atomic E-state index is 11.6. The molecule has 3 N–H and O–H groups in total. The molecule has 0 unspecified atom stereocenters. The minimum atomic E-state index is -3.38. The van der Waals surface area contributed by atoms with Crippen molar-refractivity contribution < 1.29 is 8.42 Å². The Balaban J connectivity index is 2.93. The molecule has 0 amide bonds. The Morgan fingerprint density at radius 3 is 2.71 bits per heavy atom. The number of halogens is 1. The van der Waals surface area contributed by atoms with Crippen LogP contribution in [-0.4, -0.2) is 21.5 Å². The monoisotopic (exact) mass is 326 g/mol. The van der Waals surface area contributed by atoms with Crippen LogP contribution in [0.5, 0.6) is 0 Å². The Bertz CT molecular complexity index is 406. The maximum Gasteiger partial charge on any atom is 0.240 e. The van der Waals surface area contributed by atoms with E-state index in [2.05, 4.69) is 27.3 Å². The third-order valence-electron chi connectivity index (χ3n) is 1.54. The fourth-order valence-corrected chi connectivity index (χ4v) is 2.76. The van der Waals surface area contributed by atoms with Gasteiger partial charge in [0, 0.05) is 16.7 Å². The first kappa shape index (κ1) is 11.9. The summed E-state index contributed by atoms with van der Waals surface area (Å²) < 4.78 is 26.4. The van der Waals surface area contributed by atoms with Gasteiger partial charge in [-0.25, -0.2) is 13.1 Å². The molecule has 78 valence electrons. The van der Waals surface area contributed by atoms with Crippen LogP contribution in [0, 0.1) is 3.57 Å². The number of rotatable bonds is 4. The van der Waals surface area contributed by atoms with E-state index in [1.807, 2.05) is 6.07 Å². The summed E-state index contributed by atoms with van der Waals surface area (Å²) in [5.41, 5.74) is 5.22. The number of hydrogen-bond acceptors (Lipinski definition) is 3. The van der Waals surface area contributed by atoms with Gasteiger partial charge in [0.1, 0.15) is 0 Å². The average Bonchev–Trinajstić information content (AvgIpc) is 2.15. The summed E-state index contributed by atoms with van der Waals surface area (Å²) in [7, 11) is -3.38. The lowest BCUT2D eigenvalue weighted by Crippen LogP contribution is -2.29. The summed E-state index contributed by atoms with van der Waals surface area (Å²) in [6, 6.07) is 6.71. The predicted molar refractivity (Wildman–Crippen MR) is 63.4 cm³/mol. The molecule has 0 spiro atoms. The minimum Gasteiger partial charge on any atom is -0.329 e. The predicted octanol–water partition coefficient (Wildman–Crippen LogP) is 0.528. The van der Waals surface area contributed by atoms with E-state index in [1.54, 1.807) is 18.2 Å². The maximum atomic E-state index is 11.6. The van der Waals surface area contributed by atoms with Gasteiger partial charge in [0.25, 0.3) is 0 Å². The zero-order valence-corrected chi connectivity index (χ0v) is 10.4. The van der Waals surface area contributed by atoms with Crippen molar-refractivity contribution in [2.45, 2.75) is 4.90 Å². The van der Waals surface area contributed by atoms with E-state index in [-0.39, 0.29) is 11.4 Å². The van der Waals surface area contributed by atoms with E-state index in [4.69, 9.17) is 5.73 Å². The van der Waals surface area contributed by atoms with Crippen molar-refractivity contribution >= 4 is 32.6 Å². The van der Waals surface area contributed by atoms with Crippen LogP contribution in [0.25, 0.3) is 0 Å². The quantitative estimate of drug-likeness (QED) is 0.793. The van der Waals surface area contributed by atoms with Crippen LogP contribution in [0.3, 0.4) is 0 Å². The first-order valence-electron chi connectivity index (χ1n) is 4.01. The number of benzene rings is 1. The molecule has 0 aliphatic heterocycles. The van der Waals surface area contributed by atoms with Crippen molar-refractivity contribution in [2.24, 2.45) is 5.73 Å². The second-order valence-corrected chi connectivity index (χ2v) is 5.66. The third kappa shape index (κ3) is 3.19. The molecule has 0 bridgehead atoms. The van der Waals surface area contributed by atoms with Crippen molar-refractivity contribution in [1.29, 1.82) is 0 Å². The highest BCUT2D eigenvalue weighted by Crippen LogP contribution is 2.12. The number of sulfonamides is 1. The minimum absolute atomic E-state index is 0.258. The van der Waals surface area contributed by atoms with Gasteiger partial charge in [0.2, 0.25) is 10.0 Å². The molecule has 1 aromatic carbocycles. The molecule has 14 heavy (non-hydrogen) atoms. The molecule has 0 radical (unpaired) electrons. The van der Waals surface area contributed by atoms with Crippen molar-refractivity contribution in [3.63, 3.8) is 0 Å². The zero-order chi connectivity index (χ0) is 10.6. The summed E-state index contributed by atoms with van der Waals surface area (Å²) in [4.78, 5) is 0.276. The Hall–Kier alpha value is -0.180. The summed E-state index contributed by atoms with van der Waals surface area (Å²) in [6.45, 7) is 0.553. The van der Waals surface area contributed by atoms with E-state index in [9.17, 15) is 8.42 Å². The third-order valence-corrected chi connectivity index (χ3v) is 3.67. The van der Waals surface area contributed by atoms with Gasteiger partial charge in [-0.05, 0) is 40.8 Å². The van der Waals surface area contributed by atoms with Crippen molar-refractivity contribution in [3.8, 4) is 0 Å². The van der Waals surface area contributed by atoms with Crippen molar-refractivity contribution in [2.75, 3.05) is 13.1 Å². The van der Waals surface area contributed by atoms with Gasteiger partial charge in [-0.2, -0.15) is 0 Å². The van der Waals surface area contributed by atoms with Crippen molar-refractivity contribution in [3.05, 3.63) is 27.8 Å². The summed E-state index contributed by atoms with van der Waals surface area (Å²) in [5, 5.41) is 0. The van der Waals surface area contributed by atoms with E-state index >= 15 is 0 Å². The molecule has 1 aromatic rings. The Morgan fingerprint density at radius 1 is 1.43 bits per heavy atom. The zero-order valence-electron chi connectivity index (χ0n) is 7.40. The van der Waals surface area contributed by atoms with Crippen molar-refractivity contribution in [1.82, 2.24) is 4.72 Å². The molecular formula is C8H11IN2O2S. The summed E-state index contributed by atoms with van der Waals surface area (Å²) >= 11 is 2.07. The molecular weight excluding hydrogens is 315 g/mol. The van der Waals surface area contributed by atoms with E-state index < -0.39 is 10.0 Å². The standard InChI is InChI=1S/C8H11IN2O2S/c9-7-2-1-3-8(6-7)14(12,13)11-5-4-10/h1-3,6,11H,4-5,10H2. The Labute approximate surface area is 97.1 Å². The molecule has 0 aromatic heterocycles.